The zero-order valence-electron chi connectivity index (χ0n) is 15.5. The normalized spacial score (nSPS) is 11.1. The number of para-hydroxylation sites is 1. The number of halogens is 3. The number of hydrogen-bond donors (Lipinski definition) is 3. The van der Waals surface area contributed by atoms with Crippen LogP contribution >= 0.6 is 34.8 Å². The molecule has 0 atom stereocenters. The van der Waals surface area contributed by atoms with Crippen LogP contribution < -0.4 is 15.4 Å². The first-order chi connectivity index (χ1) is 14.2. The number of carbonyl (C=O) groups excluding carboxylic acids is 1. The van der Waals surface area contributed by atoms with Crippen LogP contribution in [0.1, 0.15) is 5.56 Å². The van der Waals surface area contributed by atoms with E-state index in [2.05, 4.69) is 15.4 Å². The molecule has 0 saturated heterocycles. The molecule has 2 amide bonds. The minimum absolute atomic E-state index is 0.0195. The van der Waals surface area contributed by atoms with E-state index >= 15 is 0 Å². The Hall–Kier alpha value is -2.45. The maximum absolute atomic E-state index is 12.8. The van der Waals surface area contributed by atoms with Crippen molar-refractivity contribution in [3.63, 3.8) is 0 Å². The van der Waals surface area contributed by atoms with E-state index in [1.165, 1.54) is 6.07 Å². The van der Waals surface area contributed by atoms with Gasteiger partial charge in [0.15, 0.2) is 0 Å². The molecule has 3 rings (SSSR count). The topological polar surface area (TPSA) is 87.3 Å². The summed E-state index contributed by atoms with van der Waals surface area (Å²) in [7, 11) is -3.89. The van der Waals surface area contributed by atoms with Gasteiger partial charge in [-0.3, -0.25) is 4.72 Å². The summed E-state index contributed by atoms with van der Waals surface area (Å²) in [4.78, 5) is 12.4. The molecule has 0 aliphatic heterocycles. The van der Waals surface area contributed by atoms with Crippen LogP contribution in [-0.4, -0.2) is 14.4 Å². The van der Waals surface area contributed by atoms with Crippen LogP contribution in [0.2, 0.25) is 15.1 Å². The molecule has 0 radical (unpaired) electrons. The van der Waals surface area contributed by atoms with Gasteiger partial charge in [-0.15, -0.1) is 0 Å². The van der Waals surface area contributed by atoms with Crippen LogP contribution in [0.5, 0.6) is 0 Å². The van der Waals surface area contributed by atoms with Crippen molar-refractivity contribution in [1.29, 1.82) is 0 Å². The average Bonchev–Trinajstić information content (AvgIpc) is 2.68. The summed E-state index contributed by atoms with van der Waals surface area (Å²) in [6, 6.07) is 15.0. The molecule has 0 aromatic heterocycles. The van der Waals surface area contributed by atoms with Crippen LogP contribution in [0.3, 0.4) is 0 Å². The van der Waals surface area contributed by atoms with E-state index in [0.717, 1.165) is 0 Å². The average molecular weight is 485 g/mol. The number of benzene rings is 3. The van der Waals surface area contributed by atoms with Crippen molar-refractivity contribution in [2.75, 3.05) is 15.4 Å². The number of hydrogen-bond acceptors (Lipinski definition) is 3. The van der Waals surface area contributed by atoms with Crippen molar-refractivity contribution >= 4 is 67.9 Å². The van der Waals surface area contributed by atoms with Gasteiger partial charge in [0.25, 0.3) is 10.0 Å². The van der Waals surface area contributed by atoms with Gasteiger partial charge in [-0.2, -0.15) is 0 Å². The Morgan fingerprint density at radius 3 is 2.07 bits per heavy atom. The van der Waals surface area contributed by atoms with E-state index in [0.29, 0.717) is 16.3 Å². The predicted octanol–water partition coefficient (Wildman–Crippen LogP) is 6.40. The lowest BCUT2D eigenvalue weighted by molar-refractivity contribution is 0.262. The van der Waals surface area contributed by atoms with E-state index < -0.39 is 16.1 Å². The molecule has 0 aliphatic carbocycles. The van der Waals surface area contributed by atoms with Crippen LogP contribution in [0, 0.1) is 6.92 Å². The zero-order valence-corrected chi connectivity index (χ0v) is 18.6. The molecule has 6 nitrogen and oxygen atoms in total. The molecule has 0 spiro atoms. The Bertz CT molecular complexity index is 1180. The zero-order chi connectivity index (χ0) is 21.9. The number of anilines is 3. The van der Waals surface area contributed by atoms with Gasteiger partial charge < -0.3 is 10.6 Å². The monoisotopic (exact) mass is 483 g/mol. The second-order valence-corrected chi connectivity index (χ2v) is 9.17. The standard InChI is InChI=1S/C20H16Cl3N3O3S/c1-12-5-8-15(24-20(27)25-19-16(22)3-2-4-17(19)23)11-18(12)30(28,29)26-14-9-6-13(21)7-10-14/h2-11,26H,1H3,(H2,24,25,27). The quantitative estimate of drug-likeness (QED) is 0.391. The Morgan fingerprint density at radius 1 is 0.833 bits per heavy atom. The lowest BCUT2D eigenvalue weighted by atomic mass is 10.2. The summed E-state index contributed by atoms with van der Waals surface area (Å²) in [5.74, 6) is 0. The van der Waals surface area contributed by atoms with Gasteiger partial charge in [-0.25, -0.2) is 13.2 Å². The predicted molar refractivity (Wildman–Crippen MR) is 123 cm³/mol. The van der Waals surface area contributed by atoms with Crippen molar-refractivity contribution in [3.05, 3.63) is 81.3 Å². The van der Waals surface area contributed by atoms with E-state index in [1.807, 2.05) is 0 Å². The summed E-state index contributed by atoms with van der Waals surface area (Å²) in [5.41, 5.74) is 1.40. The van der Waals surface area contributed by atoms with Crippen molar-refractivity contribution in [3.8, 4) is 0 Å². The first-order valence-corrected chi connectivity index (χ1v) is 11.2. The highest BCUT2D eigenvalue weighted by Gasteiger charge is 2.18. The molecule has 3 aromatic carbocycles. The van der Waals surface area contributed by atoms with Gasteiger partial charge in [0.05, 0.1) is 20.6 Å². The van der Waals surface area contributed by atoms with Crippen molar-refractivity contribution in [2.24, 2.45) is 0 Å². The number of rotatable bonds is 5. The van der Waals surface area contributed by atoms with E-state index in [9.17, 15) is 13.2 Å². The molecule has 0 fully saturated rings. The molecule has 3 N–H and O–H groups in total. The molecule has 0 heterocycles. The highest BCUT2D eigenvalue weighted by molar-refractivity contribution is 7.92. The summed E-state index contributed by atoms with van der Waals surface area (Å²) >= 11 is 17.9. The Morgan fingerprint density at radius 2 is 1.43 bits per heavy atom. The van der Waals surface area contributed by atoms with Crippen molar-refractivity contribution in [2.45, 2.75) is 11.8 Å². The number of sulfonamides is 1. The molecule has 0 unspecified atom stereocenters. The fraction of sp³-hybridized carbons (Fsp3) is 0.0500. The maximum Gasteiger partial charge on any atom is 0.323 e. The third kappa shape index (κ3) is 5.37. The molecule has 0 saturated carbocycles. The largest absolute Gasteiger partial charge is 0.323 e. The van der Waals surface area contributed by atoms with Gasteiger partial charge in [0, 0.05) is 16.4 Å². The second-order valence-electron chi connectivity index (χ2n) is 6.27. The third-order valence-electron chi connectivity index (χ3n) is 4.03. The smallest absolute Gasteiger partial charge is 0.308 e. The van der Waals surface area contributed by atoms with Gasteiger partial charge in [0.2, 0.25) is 0 Å². The van der Waals surface area contributed by atoms with Crippen molar-refractivity contribution < 1.29 is 13.2 Å². The highest BCUT2D eigenvalue weighted by Crippen LogP contribution is 2.30. The number of amides is 2. The van der Waals surface area contributed by atoms with Crippen LogP contribution in [0.15, 0.2) is 65.6 Å². The summed E-state index contributed by atoms with van der Waals surface area (Å²) in [6.07, 6.45) is 0. The maximum atomic E-state index is 12.8. The minimum atomic E-state index is -3.89. The van der Waals surface area contributed by atoms with Crippen molar-refractivity contribution in [1.82, 2.24) is 0 Å². The second kappa shape index (κ2) is 9.14. The molecule has 0 bridgehead atoms. The Kier molecular flexibility index (Phi) is 6.77. The first-order valence-electron chi connectivity index (χ1n) is 8.57. The number of urea groups is 1. The van der Waals surface area contributed by atoms with Crippen LogP contribution in [0.25, 0.3) is 0 Å². The SMILES string of the molecule is Cc1ccc(NC(=O)Nc2c(Cl)cccc2Cl)cc1S(=O)(=O)Nc1ccc(Cl)cc1. The van der Waals surface area contributed by atoms with Gasteiger partial charge in [-0.05, 0) is 61.0 Å². The van der Waals surface area contributed by atoms with E-state index in [-0.39, 0.29) is 26.3 Å². The van der Waals surface area contributed by atoms with E-state index in [1.54, 1.807) is 61.5 Å². The molecule has 156 valence electrons. The van der Waals surface area contributed by atoms with E-state index in [4.69, 9.17) is 34.8 Å². The lowest BCUT2D eigenvalue weighted by Gasteiger charge is -2.14. The fourth-order valence-electron chi connectivity index (χ4n) is 2.59. The fourth-order valence-corrected chi connectivity index (χ4v) is 4.54. The Balaban J connectivity index is 1.80. The van der Waals surface area contributed by atoms with Gasteiger partial charge in [0.1, 0.15) is 0 Å². The lowest BCUT2D eigenvalue weighted by Crippen LogP contribution is -2.20. The summed E-state index contributed by atoms with van der Waals surface area (Å²) in [5, 5.41) is 6.17. The molecule has 30 heavy (non-hydrogen) atoms. The molecular weight excluding hydrogens is 469 g/mol. The first kappa shape index (κ1) is 22.2. The van der Waals surface area contributed by atoms with Gasteiger partial charge >= 0.3 is 6.03 Å². The minimum Gasteiger partial charge on any atom is -0.308 e. The molecular formula is C20H16Cl3N3O3S. The number of nitrogens with one attached hydrogen (secondary N) is 3. The van der Waals surface area contributed by atoms with Crippen LogP contribution in [-0.2, 0) is 10.0 Å². The molecule has 10 heteroatoms. The summed E-state index contributed by atoms with van der Waals surface area (Å²) in [6.45, 7) is 1.66. The molecule has 3 aromatic rings. The number of carbonyl (C=O) groups is 1. The Labute approximate surface area is 189 Å². The number of aryl methyl sites for hydroxylation is 1. The summed E-state index contributed by atoms with van der Waals surface area (Å²) < 4.78 is 28.1. The molecule has 0 aliphatic rings. The van der Waals surface area contributed by atoms with Gasteiger partial charge in [-0.1, -0.05) is 46.9 Å². The van der Waals surface area contributed by atoms with Crippen LogP contribution in [0.4, 0.5) is 21.9 Å². The third-order valence-corrected chi connectivity index (χ3v) is 6.44. The highest BCUT2D eigenvalue weighted by atomic mass is 35.5.